The Kier molecular flexibility index (Phi) is 9.51. The quantitative estimate of drug-likeness (QED) is 0.256. The Balaban J connectivity index is 0.000000652. The highest BCUT2D eigenvalue weighted by Gasteiger charge is 2.53. The van der Waals surface area contributed by atoms with Gasteiger partial charge in [-0.3, -0.25) is 0 Å². The van der Waals surface area contributed by atoms with Gasteiger partial charge in [0, 0.05) is 18.8 Å². The molecule has 5 aromatic rings. The zero-order chi connectivity index (χ0) is 29.4. The number of anilines is 3. The molecular formula is C31H29ClN3O6P. The lowest BCUT2D eigenvalue weighted by molar-refractivity contribution is -2.00. The van der Waals surface area contributed by atoms with Gasteiger partial charge in [0.15, 0.2) is 7.26 Å². The van der Waals surface area contributed by atoms with Crippen molar-refractivity contribution in [3.8, 4) is 0 Å². The molecule has 0 aliphatic carbocycles. The molecule has 4 aromatic carbocycles. The normalized spacial score (nSPS) is 13.7. The number of halogens is 1. The number of oxazole rings is 1. The Bertz CT molecular complexity index is 1430. The molecule has 0 atom stereocenters. The van der Waals surface area contributed by atoms with Gasteiger partial charge < -0.3 is 19.4 Å². The maximum atomic E-state index is 8.49. The average molecular weight is 606 g/mol. The maximum absolute atomic E-state index is 8.49. The summed E-state index contributed by atoms with van der Waals surface area (Å²) < 4.78 is 46.3. The highest BCUT2D eigenvalue weighted by atomic mass is 35.7. The lowest BCUT2D eigenvalue weighted by Gasteiger charge is -2.30. The fourth-order valence-electron chi connectivity index (χ4n) is 4.96. The molecule has 1 fully saturated rings. The molecule has 0 spiro atoms. The number of rotatable bonds is 7. The van der Waals surface area contributed by atoms with E-state index in [1.54, 1.807) is 0 Å². The van der Waals surface area contributed by atoms with Gasteiger partial charge in [-0.25, -0.2) is 18.6 Å². The summed E-state index contributed by atoms with van der Waals surface area (Å²) in [6.07, 6.45) is 0. The molecule has 1 aliphatic rings. The van der Waals surface area contributed by atoms with Crippen molar-refractivity contribution in [2.45, 2.75) is 0 Å². The van der Waals surface area contributed by atoms with Crippen LogP contribution in [-0.2, 0) is 4.74 Å². The first-order valence-electron chi connectivity index (χ1n) is 13.2. The number of para-hydroxylation sites is 1. The molecule has 2 heterocycles. The minimum absolute atomic E-state index is 0.495. The summed E-state index contributed by atoms with van der Waals surface area (Å²) in [4.78, 5) is 7.55. The van der Waals surface area contributed by atoms with E-state index in [4.69, 9.17) is 32.8 Å². The fourth-order valence-corrected chi connectivity index (χ4v) is 9.16. The van der Waals surface area contributed by atoms with Crippen LogP contribution in [0.15, 0.2) is 126 Å². The number of hydrogen-bond donors (Lipinski definition) is 1. The van der Waals surface area contributed by atoms with Gasteiger partial charge in [-0.05, 0) is 48.5 Å². The Morgan fingerprint density at radius 2 is 1.05 bits per heavy atom. The number of ether oxygens (including phenoxy) is 1. The number of nitrogens with one attached hydrogen (secondary N) is 1. The second-order valence-electron chi connectivity index (χ2n) is 9.29. The lowest BCUT2D eigenvalue weighted by atomic mass is 10.3. The minimum atomic E-state index is -4.94. The summed E-state index contributed by atoms with van der Waals surface area (Å²) in [7, 11) is -7.37. The van der Waals surface area contributed by atoms with Gasteiger partial charge in [0.05, 0.1) is 13.2 Å². The fraction of sp³-hybridized carbons (Fsp3) is 0.129. The SMILES string of the molecule is [O-][Cl+3]([O-])([O-])[O-].c1ccc(Nc2nc([P+](c3ccccc3)(c3ccccc3)c3ccccc3)c(N3CCOCC3)o2)cc1. The molecule has 42 heavy (non-hydrogen) atoms. The van der Waals surface area contributed by atoms with Gasteiger partial charge >= 0.3 is 6.01 Å². The highest BCUT2D eigenvalue weighted by molar-refractivity contribution is 8.01. The smallest absolute Gasteiger partial charge is 0.304 e. The van der Waals surface area contributed by atoms with Crippen LogP contribution in [0.5, 0.6) is 0 Å². The van der Waals surface area contributed by atoms with Crippen molar-refractivity contribution in [2.24, 2.45) is 0 Å². The Hall–Kier alpha value is -3.79. The molecule has 0 radical (unpaired) electrons. The molecule has 1 aliphatic heterocycles. The topological polar surface area (TPSA) is 143 Å². The van der Waals surface area contributed by atoms with Crippen LogP contribution in [0, 0.1) is 10.2 Å². The number of morpholine rings is 1. The van der Waals surface area contributed by atoms with E-state index in [2.05, 4.69) is 101 Å². The van der Waals surface area contributed by atoms with Crippen molar-refractivity contribution in [3.63, 3.8) is 0 Å². The van der Waals surface area contributed by atoms with Crippen molar-refractivity contribution >= 4 is 46.2 Å². The van der Waals surface area contributed by atoms with Crippen molar-refractivity contribution < 1.29 is 38.0 Å². The molecule has 1 aromatic heterocycles. The third-order valence-electron chi connectivity index (χ3n) is 6.66. The van der Waals surface area contributed by atoms with E-state index < -0.39 is 17.5 Å². The predicted octanol–water partition coefficient (Wildman–Crippen LogP) is 0.118. The standard InChI is InChI=1S/C31H29N3O2P.ClHO4/c1-5-13-25(14-6-1)32-31-33-29(30(36-31)34-21-23-35-24-22-34)37(26-15-7-2-8-16-26,27-17-9-3-10-18-27)28-19-11-4-12-20-28;2-1(3,4)5/h1-20H,21-24H2,(H,32,33);(H,2,3,4,5)/q+1;/p-1. The molecule has 216 valence electrons. The second-order valence-corrected chi connectivity index (χ2v) is 13.4. The second kappa shape index (κ2) is 13.5. The Morgan fingerprint density at radius 3 is 1.48 bits per heavy atom. The number of hydrogen-bond acceptors (Lipinski definition) is 9. The average Bonchev–Trinajstić information content (AvgIpc) is 3.43. The molecule has 1 N–H and O–H groups in total. The molecule has 0 bridgehead atoms. The maximum Gasteiger partial charge on any atom is 0.304 e. The molecule has 0 amide bonds. The molecule has 11 heteroatoms. The molecule has 9 nitrogen and oxygen atoms in total. The highest BCUT2D eigenvalue weighted by Crippen LogP contribution is 2.56. The van der Waals surface area contributed by atoms with Gasteiger partial charge in [-0.15, -0.1) is 10.2 Å². The summed E-state index contributed by atoms with van der Waals surface area (Å²) in [5.41, 5.74) is 1.91. The Labute approximate surface area is 246 Å². The van der Waals surface area contributed by atoms with Gasteiger partial charge in [0.1, 0.15) is 15.9 Å². The number of aromatic nitrogens is 1. The van der Waals surface area contributed by atoms with Crippen LogP contribution < -0.4 is 50.2 Å². The first kappa shape index (κ1) is 29.7. The molecule has 1 saturated heterocycles. The number of benzene rings is 4. The van der Waals surface area contributed by atoms with Crippen LogP contribution in [0.25, 0.3) is 0 Å². The van der Waals surface area contributed by atoms with Crippen LogP contribution in [-0.4, -0.2) is 31.3 Å². The van der Waals surface area contributed by atoms with Crippen LogP contribution in [0.3, 0.4) is 0 Å². The van der Waals surface area contributed by atoms with Crippen LogP contribution in [0.1, 0.15) is 0 Å². The summed E-state index contributed by atoms with van der Waals surface area (Å²) in [5.74, 6) is 0.812. The van der Waals surface area contributed by atoms with Crippen molar-refractivity contribution in [2.75, 3.05) is 36.5 Å². The van der Waals surface area contributed by atoms with Crippen LogP contribution in [0.2, 0.25) is 0 Å². The summed E-state index contributed by atoms with van der Waals surface area (Å²) in [6.45, 7) is 2.83. The van der Waals surface area contributed by atoms with Gasteiger partial charge in [-0.2, -0.15) is 4.98 Å². The number of nitrogens with zero attached hydrogens (tertiary/aromatic N) is 2. The van der Waals surface area contributed by atoms with Crippen LogP contribution in [0.4, 0.5) is 17.6 Å². The Morgan fingerprint density at radius 1 is 0.643 bits per heavy atom. The minimum Gasteiger partial charge on any atom is -0.402 e. The van der Waals surface area contributed by atoms with E-state index in [1.807, 2.05) is 30.3 Å². The van der Waals surface area contributed by atoms with Gasteiger partial charge in [0.2, 0.25) is 0 Å². The van der Waals surface area contributed by atoms with Crippen molar-refractivity contribution in [3.05, 3.63) is 121 Å². The molecular weight excluding hydrogens is 577 g/mol. The van der Waals surface area contributed by atoms with Crippen molar-refractivity contribution in [1.82, 2.24) is 4.98 Å². The first-order chi connectivity index (χ1) is 20.4. The van der Waals surface area contributed by atoms with E-state index in [0.29, 0.717) is 19.2 Å². The van der Waals surface area contributed by atoms with E-state index in [0.717, 1.165) is 30.1 Å². The largest absolute Gasteiger partial charge is 0.402 e. The zero-order valence-electron chi connectivity index (χ0n) is 22.5. The summed E-state index contributed by atoms with van der Waals surface area (Å²) in [6, 6.07) is 42.9. The summed E-state index contributed by atoms with van der Waals surface area (Å²) >= 11 is 0. The van der Waals surface area contributed by atoms with Crippen molar-refractivity contribution in [1.29, 1.82) is 0 Å². The third-order valence-corrected chi connectivity index (χ3v) is 10.8. The third kappa shape index (κ3) is 6.98. The van der Waals surface area contributed by atoms with E-state index >= 15 is 0 Å². The van der Waals surface area contributed by atoms with Gasteiger partial charge in [-0.1, -0.05) is 72.8 Å². The lowest BCUT2D eigenvalue weighted by Crippen LogP contribution is -2.68. The molecule has 6 rings (SSSR count). The zero-order valence-corrected chi connectivity index (χ0v) is 24.2. The van der Waals surface area contributed by atoms with E-state index in [-0.39, 0.29) is 0 Å². The van der Waals surface area contributed by atoms with E-state index in [9.17, 15) is 0 Å². The summed E-state index contributed by atoms with van der Waals surface area (Å²) in [5, 5.41) is 7.12. The predicted molar refractivity (Wildman–Crippen MR) is 154 cm³/mol. The molecule has 0 saturated carbocycles. The molecule has 0 unspecified atom stereocenters. The van der Waals surface area contributed by atoms with E-state index in [1.165, 1.54) is 15.9 Å². The monoisotopic (exact) mass is 605 g/mol. The van der Waals surface area contributed by atoms with Crippen LogP contribution >= 0.6 is 7.26 Å². The first-order valence-corrected chi connectivity index (χ1v) is 16.2. The van der Waals surface area contributed by atoms with Gasteiger partial charge in [0.25, 0.3) is 11.3 Å².